The number of hydrogen-bond donors (Lipinski definition) is 1. The van der Waals surface area contributed by atoms with Crippen LogP contribution in [0, 0.1) is 0 Å². The molecule has 0 saturated carbocycles. The van der Waals surface area contributed by atoms with E-state index in [1.807, 2.05) is 61.5 Å². The van der Waals surface area contributed by atoms with E-state index in [2.05, 4.69) is 0 Å². The van der Waals surface area contributed by atoms with Gasteiger partial charge in [0.15, 0.2) is 0 Å². The van der Waals surface area contributed by atoms with E-state index < -0.39 is 25.5 Å². The molecule has 38 heavy (non-hydrogen) atoms. The van der Waals surface area contributed by atoms with E-state index in [1.165, 1.54) is 4.67 Å². The van der Waals surface area contributed by atoms with E-state index in [-0.39, 0.29) is 11.7 Å². The van der Waals surface area contributed by atoms with E-state index >= 15 is 0 Å². The van der Waals surface area contributed by atoms with Crippen LogP contribution in [0.2, 0.25) is 0 Å². The summed E-state index contributed by atoms with van der Waals surface area (Å²) < 4.78 is 27.9. The van der Waals surface area contributed by atoms with Gasteiger partial charge in [-0.05, 0) is 60.3 Å². The van der Waals surface area contributed by atoms with Gasteiger partial charge in [0.25, 0.3) is 0 Å². The molecule has 198 valence electrons. The molecule has 0 aliphatic rings. The lowest BCUT2D eigenvalue weighted by Gasteiger charge is -2.32. The number of fused-ring (bicyclic) bond motifs is 2. The Balaban J connectivity index is 1.72. The minimum atomic E-state index is -3.70. The van der Waals surface area contributed by atoms with Gasteiger partial charge in [-0.25, -0.2) is 9.46 Å². The van der Waals surface area contributed by atoms with Crippen molar-refractivity contribution in [1.29, 1.82) is 0 Å². The molecule has 1 unspecified atom stereocenters. The standard InChI is InChI=1S/C30H32NO6P/c1-4-5-17-36-30(34)21(2)31(3)38(35,37-28-12-8-10-24-9-6-7-11-27(24)28)20-22-13-14-23-15-16-25(29(32)33)19-26(23)18-22/h6-16,18-19,21H,4-5,17,20H2,1-3H3,(H,32,33)/t21-,38?/m0/s1. The van der Waals surface area contributed by atoms with Crippen LogP contribution >= 0.6 is 7.52 Å². The van der Waals surface area contributed by atoms with Crippen molar-refractivity contribution in [1.82, 2.24) is 4.67 Å². The van der Waals surface area contributed by atoms with E-state index in [0.29, 0.717) is 23.3 Å². The molecule has 8 heteroatoms. The fourth-order valence-corrected chi connectivity index (χ4v) is 6.41. The number of rotatable bonds is 11. The third-order valence-corrected chi connectivity index (χ3v) is 9.20. The lowest BCUT2D eigenvalue weighted by atomic mass is 10.0. The van der Waals surface area contributed by atoms with Crippen molar-refractivity contribution in [3.8, 4) is 5.75 Å². The quantitative estimate of drug-likeness (QED) is 0.125. The average Bonchev–Trinajstić information content (AvgIpc) is 2.92. The minimum absolute atomic E-state index is 0.00649. The zero-order valence-corrected chi connectivity index (χ0v) is 22.7. The molecule has 4 rings (SSSR count). The van der Waals surface area contributed by atoms with Crippen LogP contribution < -0.4 is 4.52 Å². The van der Waals surface area contributed by atoms with E-state index in [0.717, 1.165) is 29.0 Å². The summed E-state index contributed by atoms with van der Waals surface area (Å²) in [5.41, 5.74) is 0.868. The summed E-state index contributed by atoms with van der Waals surface area (Å²) in [6, 6.07) is 22.8. The molecule has 0 aliphatic heterocycles. The first-order chi connectivity index (χ1) is 18.2. The van der Waals surface area contributed by atoms with Gasteiger partial charge in [0.05, 0.1) is 18.3 Å². The van der Waals surface area contributed by atoms with Gasteiger partial charge < -0.3 is 14.4 Å². The predicted octanol–water partition coefficient (Wildman–Crippen LogP) is 7.13. The van der Waals surface area contributed by atoms with Crippen molar-refractivity contribution in [2.45, 2.75) is 38.9 Å². The first-order valence-electron chi connectivity index (χ1n) is 12.6. The number of esters is 1. The summed E-state index contributed by atoms with van der Waals surface area (Å²) >= 11 is 0. The fraction of sp³-hybridized carbons (Fsp3) is 0.267. The van der Waals surface area contributed by atoms with Gasteiger partial charge in [0.1, 0.15) is 11.8 Å². The van der Waals surface area contributed by atoms with Gasteiger partial charge in [-0.3, -0.25) is 9.36 Å². The molecular formula is C30H32NO6P. The summed E-state index contributed by atoms with van der Waals surface area (Å²) in [7, 11) is -2.09. The molecule has 0 saturated heterocycles. The van der Waals surface area contributed by atoms with Crippen molar-refractivity contribution in [2.24, 2.45) is 0 Å². The second-order valence-corrected chi connectivity index (χ2v) is 11.7. The third kappa shape index (κ3) is 6.07. The Morgan fingerprint density at radius 3 is 2.45 bits per heavy atom. The Bertz CT molecular complexity index is 1510. The number of ether oxygens (including phenoxy) is 1. The molecule has 0 aromatic heterocycles. The van der Waals surface area contributed by atoms with Crippen LogP contribution in [-0.2, 0) is 20.3 Å². The molecular weight excluding hydrogens is 501 g/mol. The maximum absolute atomic E-state index is 14.7. The Hall–Kier alpha value is -3.67. The number of carboxylic acids is 1. The monoisotopic (exact) mass is 533 g/mol. The summed E-state index contributed by atoms with van der Waals surface area (Å²) in [6.45, 7) is 3.98. The highest BCUT2D eigenvalue weighted by Gasteiger charge is 2.38. The Labute approximate surface area is 222 Å². The largest absolute Gasteiger partial charge is 0.478 e. The summed E-state index contributed by atoms with van der Waals surface area (Å²) in [5.74, 6) is -1.02. The Morgan fingerprint density at radius 1 is 0.947 bits per heavy atom. The van der Waals surface area contributed by atoms with Crippen molar-refractivity contribution < 1.29 is 28.5 Å². The number of unbranched alkanes of at least 4 members (excludes halogenated alkanes) is 1. The van der Waals surface area contributed by atoms with Crippen LogP contribution in [0.25, 0.3) is 21.5 Å². The van der Waals surface area contributed by atoms with Gasteiger partial charge >= 0.3 is 19.5 Å². The summed E-state index contributed by atoms with van der Waals surface area (Å²) in [6.07, 6.45) is 1.65. The van der Waals surface area contributed by atoms with Crippen molar-refractivity contribution >= 4 is 41.0 Å². The van der Waals surface area contributed by atoms with Crippen LogP contribution in [0.4, 0.5) is 0 Å². The Kier molecular flexibility index (Phi) is 8.50. The number of hydrogen-bond acceptors (Lipinski definition) is 5. The van der Waals surface area contributed by atoms with Crippen LogP contribution in [0.3, 0.4) is 0 Å². The zero-order chi connectivity index (χ0) is 27.3. The molecule has 0 radical (unpaired) electrons. The van der Waals surface area contributed by atoms with Crippen LogP contribution in [-0.4, -0.2) is 41.4 Å². The smallest absolute Gasteiger partial charge is 0.335 e. The lowest BCUT2D eigenvalue weighted by molar-refractivity contribution is -0.147. The maximum Gasteiger partial charge on any atom is 0.335 e. The number of carbonyl (C=O) groups is 2. The number of benzene rings is 4. The maximum atomic E-state index is 14.7. The number of aromatic carboxylic acids is 1. The zero-order valence-electron chi connectivity index (χ0n) is 21.8. The third-order valence-electron chi connectivity index (χ3n) is 6.65. The minimum Gasteiger partial charge on any atom is -0.478 e. The highest BCUT2D eigenvalue weighted by Crippen LogP contribution is 2.55. The van der Waals surface area contributed by atoms with Gasteiger partial charge in [-0.15, -0.1) is 0 Å². The van der Waals surface area contributed by atoms with Crippen LogP contribution in [0.5, 0.6) is 5.75 Å². The molecule has 7 nitrogen and oxygen atoms in total. The van der Waals surface area contributed by atoms with Crippen LogP contribution in [0.1, 0.15) is 42.6 Å². The lowest BCUT2D eigenvalue weighted by Crippen LogP contribution is -2.36. The molecule has 0 heterocycles. The first kappa shape index (κ1) is 27.4. The molecule has 0 aliphatic carbocycles. The van der Waals surface area contributed by atoms with Gasteiger partial charge in [0, 0.05) is 5.39 Å². The van der Waals surface area contributed by atoms with Crippen molar-refractivity contribution in [2.75, 3.05) is 13.7 Å². The normalized spacial score (nSPS) is 13.8. The van der Waals surface area contributed by atoms with E-state index in [1.54, 1.807) is 38.2 Å². The van der Waals surface area contributed by atoms with Crippen LogP contribution in [0.15, 0.2) is 78.9 Å². The first-order valence-corrected chi connectivity index (χ1v) is 14.4. The van der Waals surface area contributed by atoms with Crippen molar-refractivity contribution in [3.05, 3.63) is 90.0 Å². The van der Waals surface area contributed by atoms with Gasteiger partial charge in [-0.2, -0.15) is 0 Å². The highest BCUT2D eigenvalue weighted by molar-refractivity contribution is 7.56. The summed E-state index contributed by atoms with van der Waals surface area (Å²) in [5, 5.41) is 12.7. The molecule has 4 aromatic rings. The molecule has 0 amide bonds. The number of likely N-dealkylation sites (N-methyl/N-ethyl adjacent to an activating group) is 1. The Morgan fingerprint density at radius 2 is 1.68 bits per heavy atom. The topological polar surface area (TPSA) is 93.1 Å². The highest BCUT2D eigenvalue weighted by atomic mass is 31.2. The number of carbonyl (C=O) groups excluding carboxylic acids is 1. The van der Waals surface area contributed by atoms with Gasteiger partial charge in [-0.1, -0.05) is 74.0 Å². The molecule has 0 spiro atoms. The molecule has 4 aromatic carbocycles. The average molecular weight is 534 g/mol. The van der Waals surface area contributed by atoms with Gasteiger partial charge in [0.2, 0.25) is 0 Å². The molecule has 0 fully saturated rings. The number of carboxylic acid groups (broad SMARTS) is 1. The molecule has 1 N–H and O–H groups in total. The fourth-order valence-electron chi connectivity index (χ4n) is 4.25. The predicted molar refractivity (Wildman–Crippen MR) is 150 cm³/mol. The second-order valence-electron chi connectivity index (χ2n) is 9.34. The van der Waals surface area contributed by atoms with E-state index in [9.17, 15) is 19.3 Å². The van der Waals surface area contributed by atoms with Crippen molar-refractivity contribution in [3.63, 3.8) is 0 Å². The SMILES string of the molecule is CCCCOC(=O)[C@H](C)N(C)P(=O)(Cc1ccc2ccc(C(=O)O)cc2c1)Oc1cccc2ccccc12. The molecule has 0 bridgehead atoms. The van der Waals surface area contributed by atoms with E-state index in [4.69, 9.17) is 9.26 Å². The second kappa shape index (κ2) is 11.8. The number of nitrogens with zero attached hydrogens (tertiary/aromatic N) is 1. The summed E-state index contributed by atoms with van der Waals surface area (Å²) in [4.78, 5) is 24.3. The molecule has 2 atom stereocenters.